The Kier molecular flexibility index (Phi) is 6.42. The van der Waals surface area contributed by atoms with E-state index in [0.717, 1.165) is 15.9 Å². The van der Waals surface area contributed by atoms with E-state index in [0.29, 0.717) is 22.7 Å². The second kappa shape index (κ2) is 9.57. The van der Waals surface area contributed by atoms with Gasteiger partial charge in [-0.3, -0.25) is 14.6 Å². The summed E-state index contributed by atoms with van der Waals surface area (Å²) in [6, 6.07) is 19.5. The number of para-hydroxylation sites is 1. The van der Waals surface area contributed by atoms with Crippen LogP contribution in [-0.2, 0) is 11.3 Å². The summed E-state index contributed by atoms with van der Waals surface area (Å²) in [5.41, 5.74) is 2.03. The zero-order valence-electron chi connectivity index (χ0n) is 17.7. The molecule has 0 fully saturated rings. The number of amides is 2. The maximum atomic E-state index is 13.0. The molecular formula is C24H22N4O3S. The monoisotopic (exact) mass is 446 g/mol. The first-order valence-corrected chi connectivity index (χ1v) is 10.9. The maximum Gasteiger partial charge on any atom is 0.279 e. The lowest BCUT2D eigenvalue weighted by Gasteiger charge is -2.15. The molecule has 0 saturated heterocycles. The molecule has 2 heterocycles. The third kappa shape index (κ3) is 4.60. The second-order valence-corrected chi connectivity index (χ2v) is 8.10. The Balaban J connectivity index is 1.68. The third-order valence-electron chi connectivity index (χ3n) is 4.98. The Morgan fingerprint density at radius 1 is 1.12 bits per heavy atom. The predicted octanol–water partition coefficient (Wildman–Crippen LogP) is 3.72. The average Bonchev–Trinajstić information content (AvgIpc) is 3.20. The number of rotatable bonds is 6. The lowest BCUT2D eigenvalue weighted by atomic mass is 10.2. The Labute approximate surface area is 189 Å². The smallest absolute Gasteiger partial charge is 0.279 e. The van der Waals surface area contributed by atoms with E-state index in [1.165, 1.54) is 11.3 Å². The second-order valence-electron chi connectivity index (χ2n) is 7.09. The van der Waals surface area contributed by atoms with Crippen LogP contribution in [0.3, 0.4) is 0 Å². The molecule has 4 aromatic rings. The molecular weight excluding hydrogens is 424 g/mol. The fourth-order valence-corrected chi connectivity index (χ4v) is 4.39. The molecule has 0 spiro atoms. The number of hydrogen-bond acceptors (Lipinski definition) is 5. The van der Waals surface area contributed by atoms with E-state index in [9.17, 15) is 9.59 Å². The van der Waals surface area contributed by atoms with Gasteiger partial charge in [0.2, 0.25) is 5.91 Å². The molecule has 1 N–H and O–H groups in total. The summed E-state index contributed by atoms with van der Waals surface area (Å²) in [5, 5.41) is 2.92. The van der Waals surface area contributed by atoms with Gasteiger partial charge in [0, 0.05) is 11.8 Å². The highest BCUT2D eigenvalue weighted by Gasteiger charge is 2.20. The number of thiazole rings is 1. The van der Waals surface area contributed by atoms with E-state index < -0.39 is 11.9 Å². The molecule has 8 heteroatoms. The number of aromatic nitrogens is 2. The first-order valence-electron chi connectivity index (χ1n) is 10.1. The van der Waals surface area contributed by atoms with Gasteiger partial charge >= 0.3 is 0 Å². The Morgan fingerprint density at radius 2 is 1.94 bits per heavy atom. The summed E-state index contributed by atoms with van der Waals surface area (Å²) < 4.78 is 7.94. The van der Waals surface area contributed by atoms with Crippen LogP contribution in [0, 0.1) is 0 Å². The molecule has 0 aliphatic carbocycles. The van der Waals surface area contributed by atoms with E-state index in [4.69, 9.17) is 4.74 Å². The zero-order valence-corrected chi connectivity index (χ0v) is 18.5. The van der Waals surface area contributed by atoms with Crippen LogP contribution in [0.25, 0.3) is 10.2 Å². The van der Waals surface area contributed by atoms with E-state index in [-0.39, 0.29) is 5.91 Å². The average molecular weight is 447 g/mol. The molecule has 7 nitrogen and oxygen atoms in total. The summed E-state index contributed by atoms with van der Waals surface area (Å²) in [6.45, 7) is 2.11. The van der Waals surface area contributed by atoms with Gasteiger partial charge < -0.3 is 14.6 Å². The van der Waals surface area contributed by atoms with Crippen LogP contribution < -0.4 is 14.9 Å². The summed E-state index contributed by atoms with van der Waals surface area (Å²) in [4.78, 5) is 34.9. The number of pyridine rings is 1. The van der Waals surface area contributed by atoms with Crippen molar-refractivity contribution in [1.29, 1.82) is 0 Å². The molecule has 162 valence electrons. The van der Waals surface area contributed by atoms with Crippen LogP contribution in [0.4, 0.5) is 0 Å². The Bertz CT molecular complexity index is 1330. The van der Waals surface area contributed by atoms with Crippen molar-refractivity contribution in [1.82, 2.24) is 14.9 Å². The normalized spacial score (nSPS) is 12.5. The van der Waals surface area contributed by atoms with Crippen molar-refractivity contribution < 1.29 is 14.3 Å². The molecule has 0 saturated carbocycles. The van der Waals surface area contributed by atoms with Crippen LogP contribution in [0.2, 0.25) is 0 Å². The minimum absolute atomic E-state index is 0.186. The van der Waals surface area contributed by atoms with Crippen molar-refractivity contribution in [2.45, 2.75) is 19.5 Å². The van der Waals surface area contributed by atoms with E-state index >= 15 is 0 Å². The highest BCUT2D eigenvalue weighted by Crippen LogP contribution is 2.21. The standard InChI is InChI=1S/C24H22N4O3S/c1-16(22(29)26-15-18-9-5-6-13-25-18)28-20-11-3-4-12-21(20)32-24(28)27-23(30)17-8-7-10-19(14-17)31-2/h3-14,16H,15H2,1-2H3,(H,26,29). The molecule has 2 amide bonds. The summed E-state index contributed by atoms with van der Waals surface area (Å²) in [5.74, 6) is -0.00248. The quantitative estimate of drug-likeness (QED) is 0.489. The maximum absolute atomic E-state index is 13.0. The van der Waals surface area contributed by atoms with Gasteiger partial charge in [-0.25, -0.2) is 0 Å². The number of hydrogen-bond donors (Lipinski definition) is 1. The van der Waals surface area contributed by atoms with E-state index in [2.05, 4.69) is 15.3 Å². The number of fused-ring (bicyclic) bond motifs is 1. The number of nitrogens with one attached hydrogen (secondary N) is 1. The number of methoxy groups -OCH3 is 1. The lowest BCUT2D eigenvalue weighted by molar-refractivity contribution is -0.124. The molecule has 0 bridgehead atoms. The van der Waals surface area contributed by atoms with Crippen molar-refractivity contribution in [2.24, 2.45) is 4.99 Å². The molecule has 4 rings (SSSR count). The van der Waals surface area contributed by atoms with Crippen molar-refractivity contribution in [2.75, 3.05) is 7.11 Å². The van der Waals surface area contributed by atoms with Gasteiger partial charge in [0.15, 0.2) is 4.80 Å². The van der Waals surface area contributed by atoms with Crippen LogP contribution >= 0.6 is 11.3 Å². The van der Waals surface area contributed by atoms with Crippen LogP contribution in [-0.4, -0.2) is 28.5 Å². The zero-order chi connectivity index (χ0) is 22.5. The Hall–Kier alpha value is -3.78. The van der Waals surface area contributed by atoms with Gasteiger partial charge in [0.25, 0.3) is 5.91 Å². The molecule has 32 heavy (non-hydrogen) atoms. The van der Waals surface area contributed by atoms with Gasteiger partial charge in [-0.1, -0.05) is 35.6 Å². The van der Waals surface area contributed by atoms with Gasteiger partial charge in [0.1, 0.15) is 11.8 Å². The molecule has 2 aromatic heterocycles. The predicted molar refractivity (Wildman–Crippen MR) is 123 cm³/mol. The first-order chi connectivity index (χ1) is 15.6. The van der Waals surface area contributed by atoms with Gasteiger partial charge in [-0.15, -0.1) is 0 Å². The lowest BCUT2D eigenvalue weighted by Crippen LogP contribution is -2.34. The fraction of sp³-hybridized carbons (Fsp3) is 0.167. The first kappa shape index (κ1) is 21.5. The van der Waals surface area contributed by atoms with Gasteiger partial charge in [0.05, 0.1) is 29.6 Å². The fourth-order valence-electron chi connectivity index (χ4n) is 3.30. The minimum Gasteiger partial charge on any atom is -0.497 e. The van der Waals surface area contributed by atoms with Gasteiger partial charge in [-0.2, -0.15) is 4.99 Å². The Morgan fingerprint density at radius 3 is 2.72 bits per heavy atom. The highest BCUT2D eigenvalue weighted by molar-refractivity contribution is 7.16. The van der Waals surface area contributed by atoms with E-state index in [1.807, 2.05) is 42.5 Å². The molecule has 2 aromatic carbocycles. The number of carbonyl (C=O) groups is 2. The van der Waals surface area contributed by atoms with Crippen LogP contribution in [0.15, 0.2) is 77.9 Å². The van der Waals surface area contributed by atoms with Crippen molar-refractivity contribution >= 4 is 33.4 Å². The van der Waals surface area contributed by atoms with Crippen molar-refractivity contribution in [3.05, 3.63) is 89.0 Å². The SMILES string of the molecule is COc1cccc(C(=O)N=c2sc3ccccc3n2C(C)C(=O)NCc2ccccn2)c1. The summed E-state index contributed by atoms with van der Waals surface area (Å²) >= 11 is 1.37. The molecule has 0 aliphatic rings. The number of ether oxygens (including phenoxy) is 1. The molecule has 0 radical (unpaired) electrons. The van der Waals surface area contributed by atoms with Crippen molar-refractivity contribution in [3.8, 4) is 5.75 Å². The number of nitrogens with zero attached hydrogens (tertiary/aromatic N) is 3. The highest BCUT2D eigenvalue weighted by atomic mass is 32.1. The third-order valence-corrected chi connectivity index (χ3v) is 6.02. The van der Waals surface area contributed by atoms with Crippen LogP contribution in [0.5, 0.6) is 5.75 Å². The number of benzene rings is 2. The molecule has 1 unspecified atom stereocenters. The topological polar surface area (TPSA) is 85.6 Å². The van der Waals surface area contributed by atoms with Crippen LogP contribution in [0.1, 0.15) is 29.0 Å². The summed E-state index contributed by atoms with van der Waals surface area (Å²) in [6.07, 6.45) is 1.69. The van der Waals surface area contributed by atoms with Crippen molar-refractivity contribution in [3.63, 3.8) is 0 Å². The van der Waals surface area contributed by atoms with E-state index in [1.54, 1.807) is 49.1 Å². The molecule has 1 atom stereocenters. The summed E-state index contributed by atoms with van der Waals surface area (Å²) in [7, 11) is 1.55. The molecule has 0 aliphatic heterocycles. The number of carbonyl (C=O) groups excluding carboxylic acids is 2. The minimum atomic E-state index is -0.577. The van der Waals surface area contributed by atoms with Gasteiger partial charge in [-0.05, 0) is 49.4 Å². The largest absolute Gasteiger partial charge is 0.497 e.